The third-order valence-corrected chi connectivity index (χ3v) is 5.40. The average molecular weight is 251 g/mol. The SMILES string of the molecule is Cc1ccc(S(=O)C2CCCCCC2N)cc1. The summed E-state index contributed by atoms with van der Waals surface area (Å²) in [6.45, 7) is 2.05. The molecule has 1 aliphatic carbocycles. The molecule has 1 saturated carbocycles. The number of hydrogen-bond donors (Lipinski definition) is 1. The van der Waals surface area contributed by atoms with Crippen LogP contribution < -0.4 is 5.73 Å². The van der Waals surface area contributed by atoms with Crippen LogP contribution in [0.25, 0.3) is 0 Å². The van der Waals surface area contributed by atoms with Gasteiger partial charge in [0, 0.05) is 10.9 Å². The van der Waals surface area contributed by atoms with E-state index in [0.717, 1.165) is 24.2 Å². The first-order valence-corrected chi connectivity index (χ1v) is 7.62. The normalized spacial score (nSPS) is 27.4. The lowest BCUT2D eigenvalue weighted by Crippen LogP contribution is -2.36. The van der Waals surface area contributed by atoms with E-state index in [1.807, 2.05) is 31.2 Å². The van der Waals surface area contributed by atoms with Crippen molar-refractivity contribution in [2.24, 2.45) is 5.73 Å². The van der Waals surface area contributed by atoms with Crippen LogP contribution >= 0.6 is 0 Å². The summed E-state index contributed by atoms with van der Waals surface area (Å²) >= 11 is 0. The van der Waals surface area contributed by atoms with Gasteiger partial charge in [-0.15, -0.1) is 0 Å². The van der Waals surface area contributed by atoms with Gasteiger partial charge in [0.25, 0.3) is 0 Å². The van der Waals surface area contributed by atoms with Gasteiger partial charge in [-0.05, 0) is 31.9 Å². The molecule has 0 saturated heterocycles. The molecule has 1 fully saturated rings. The molecule has 0 spiro atoms. The summed E-state index contributed by atoms with van der Waals surface area (Å²) in [7, 11) is -0.944. The third kappa shape index (κ3) is 3.17. The van der Waals surface area contributed by atoms with Crippen molar-refractivity contribution in [2.75, 3.05) is 0 Å². The first-order chi connectivity index (χ1) is 8.18. The van der Waals surface area contributed by atoms with Crippen molar-refractivity contribution in [2.45, 2.75) is 55.2 Å². The minimum Gasteiger partial charge on any atom is -0.327 e. The minimum atomic E-state index is -0.944. The molecule has 2 rings (SSSR count). The maximum Gasteiger partial charge on any atom is 0.0576 e. The highest BCUT2D eigenvalue weighted by atomic mass is 32.2. The molecular formula is C14H21NOS. The molecule has 0 bridgehead atoms. The van der Waals surface area contributed by atoms with Gasteiger partial charge in [-0.25, -0.2) is 0 Å². The van der Waals surface area contributed by atoms with Crippen LogP contribution in [0.1, 0.15) is 37.7 Å². The van der Waals surface area contributed by atoms with E-state index in [1.54, 1.807) is 0 Å². The fraction of sp³-hybridized carbons (Fsp3) is 0.571. The summed E-state index contributed by atoms with van der Waals surface area (Å²) in [6.07, 6.45) is 5.60. The van der Waals surface area contributed by atoms with E-state index in [-0.39, 0.29) is 11.3 Å². The molecule has 94 valence electrons. The number of aryl methyl sites for hydroxylation is 1. The Balaban J connectivity index is 2.15. The molecule has 0 amide bonds. The minimum absolute atomic E-state index is 0.0969. The molecule has 0 heterocycles. The van der Waals surface area contributed by atoms with Crippen molar-refractivity contribution in [3.8, 4) is 0 Å². The van der Waals surface area contributed by atoms with Crippen molar-refractivity contribution >= 4 is 10.8 Å². The summed E-state index contributed by atoms with van der Waals surface area (Å²) in [5.41, 5.74) is 7.36. The van der Waals surface area contributed by atoms with E-state index in [1.165, 1.54) is 18.4 Å². The number of nitrogens with two attached hydrogens (primary N) is 1. The van der Waals surface area contributed by atoms with Crippen LogP contribution in [0.5, 0.6) is 0 Å². The van der Waals surface area contributed by atoms with Gasteiger partial charge in [0.2, 0.25) is 0 Å². The fourth-order valence-corrected chi connectivity index (χ4v) is 4.00. The molecule has 3 unspecified atom stereocenters. The number of rotatable bonds is 2. The summed E-state index contributed by atoms with van der Waals surface area (Å²) in [4.78, 5) is 0.929. The lowest BCUT2D eigenvalue weighted by molar-refractivity contribution is 0.575. The van der Waals surface area contributed by atoms with Gasteiger partial charge in [0.15, 0.2) is 0 Å². The Morgan fingerprint density at radius 1 is 1.12 bits per heavy atom. The Morgan fingerprint density at radius 2 is 1.76 bits per heavy atom. The van der Waals surface area contributed by atoms with Gasteiger partial charge in [0.1, 0.15) is 0 Å². The Bertz CT molecular complexity index is 388. The second-order valence-corrected chi connectivity index (χ2v) is 6.62. The lowest BCUT2D eigenvalue weighted by atomic mass is 10.1. The summed E-state index contributed by atoms with van der Waals surface area (Å²) < 4.78 is 12.5. The van der Waals surface area contributed by atoms with Crippen molar-refractivity contribution in [3.63, 3.8) is 0 Å². The highest BCUT2D eigenvalue weighted by Gasteiger charge is 2.26. The summed E-state index contributed by atoms with van der Waals surface area (Å²) in [6, 6.07) is 8.09. The van der Waals surface area contributed by atoms with Crippen LogP contribution in [-0.4, -0.2) is 15.5 Å². The molecule has 1 aliphatic rings. The Morgan fingerprint density at radius 3 is 2.47 bits per heavy atom. The number of hydrogen-bond acceptors (Lipinski definition) is 2. The largest absolute Gasteiger partial charge is 0.327 e. The van der Waals surface area contributed by atoms with Crippen molar-refractivity contribution in [3.05, 3.63) is 29.8 Å². The predicted molar refractivity (Wildman–Crippen MR) is 72.4 cm³/mol. The summed E-state index contributed by atoms with van der Waals surface area (Å²) in [5, 5.41) is 0.139. The molecular weight excluding hydrogens is 230 g/mol. The first-order valence-electron chi connectivity index (χ1n) is 6.41. The van der Waals surface area contributed by atoms with E-state index < -0.39 is 10.8 Å². The second-order valence-electron chi connectivity index (χ2n) is 4.95. The fourth-order valence-electron chi connectivity index (χ4n) is 2.42. The lowest BCUT2D eigenvalue weighted by Gasteiger charge is -2.20. The average Bonchev–Trinajstić information content (AvgIpc) is 2.54. The standard InChI is InChI=1S/C14H21NOS/c1-11-7-9-12(10-8-11)17(16)14-6-4-2-3-5-13(14)15/h7-10,13-14H,2-6,15H2,1H3. The van der Waals surface area contributed by atoms with Crippen LogP contribution in [0.2, 0.25) is 0 Å². The maximum absolute atomic E-state index is 12.5. The van der Waals surface area contributed by atoms with Crippen molar-refractivity contribution < 1.29 is 4.21 Å². The zero-order valence-electron chi connectivity index (χ0n) is 10.4. The van der Waals surface area contributed by atoms with E-state index in [0.29, 0.717) is 0 Å². The van der Waals surface area contributed by atoms with Crippen LogP contribution in [0.15, 0.2) is 29.2 Å². The van der Waals surface area contributed by atoms with E-state index in [4.69, 9.17) is 5.73 Å². The Kier molecular flexibility index (Phi) is 4.35. The molecule has 2 nitrogen and oxygen atoms in total. The van der Waals surface area contributed by atoms with E-state index >= 15 is 0 Å². The van der Waals surface area contributed by atoms with Crippen LogP contribution in [0.3, 0.4) is 0 Å². The Hall–Kier alpha value is -0.670. The highest BCUT2D eigenvalue weighted by Crippen LogP contribution is 2.24. The first kappa shape index (κ1) is 12.8. The highest BCUT2D eigenvalue weighted by molar-refractivity contribution is 7.85. The van der Waals surface area contributed by atoms with Crippen molar-refractivity contribution in [1.82, 2.24) is 0 Å². The van der Waals surface area contributed by atoms with Gasteiger partial charge in [0.05, 0.1) is 16.0 Å². The molecule has 1 aromatic rings. The van der Waals surface area contributed by atoms with Gasteiger partial charge in [-0.2, -0.15) is 0 Å². The molecule has 17 heavy (non-hydrogen) atoms. The predicted octanol–water partition coefficient (Wildman–Crippen LogP) is 2.76. The molecule has 0 radical (unpaired) electrons. The molecule has 3 heteroatoms. The van der Waals surface area contributed by atoms with Gasteiger partial charge >= 0.3 is 0 Å². The molecule has 3 atom stereocenters. The number of benzene rings is 1. The monoisotopic (exact) mass is 251 g/mol. The van der Waals surface area contributed by atoms with Crippen LogP contribution in [0.4, 0.5) is 0 Å². The molecule has 0 aromatic heterocycles. The molecule has 1 aromatic carbocycles. The van der Waals surface area contributed by atoms with E-state index in [2.05, 4.69) is 0 Å². The van der Waals surface area contributed by atoms with Crippen LogP contribution in [0, 0.1) is 6.92 Å². The van der Waals surface area contributed by atoms with Gasteiger partial charge in [-0.1, -0.05) is 37.0 Å². The third-order valence-electron chi connectivity index (χ3n) is 3.53. The summed E-state index contributed by atoms with van der Waals surface area (Å²) in [5.74, 6) is 0. The maximum atomic E-state index is 12.5. The topological polar surface area (TPSA) is 43.1 Å². The van der Waals surface area contributed by atoms with Crippen LogP contribution in [-0.2, 0) is 10.8 Å². The Labute approximate surface area is 106 Å². The smallest absolute Gasteiger partial charge is 0.0576 e. The quantitative estimate of drug-likeness (QED) is 0.821. The molecule has 0 aliphatic heterocycles. The van der Waals surface area contributed by atoms with Gasteiger partial charge < -0.3 is 5.73 Å². The zero-order valence-corrected chi connectivity index (χ0v) is 11.2. The zero-order chi connectivity index (χ0) is 12.3. The second kappa shape index (κ2) is 5.78. The van der Waals surface area contributed by atoms with Crippen molar-refractivity contribution in [1.29, 1.82) is 0 Å². The van der Waals surface area contributed by atoms with Gasteiger partial charge in [-0.3, -0.25) is 4.21 Å². The van der Waals surface area contributed by atoms with E-state index in [9.17, 15) is 4.21 Å². The molecule has 2 N–H and O–H groups in total.